The van der Waals surface area contributed by atoms with Crippen LogP contribution in [0.15, 0.2) is 81.3 Å². The molecule has 0 bridgehead atoms. The van der Waals surface area contributed by atoms with Crippen molar-refractivity contribution in [3.63, 3.8) is 0 Å². The molecule has 0 fully saturated rings. The number of rotatable bonds is 7. The van der Waals surface area contributed by atoms with Crippen molar-refractivity contribution in [2.45, 2.75) is 43.1 Å². The molecule has 176 valence electrons. The Bertz CT molecular complexity index is 1520. The summed E-state index contributed by atoms with van der Waals surface area (Å²) in [5.41, 5.74) is 1.41. The zero-order valence-corrected chi connectivity index (χ0v) is 19.6. The van der Waals surface area contributed by atoms with Crippen LogP contribution in [-0.2, 0) is 34.1 Å². The minimum absolute atomic E-state index is 0.0697. The van der Waals surface area contributed by atoms with Gasteiger partial charge in [-0.25, -0.2) is 17.6 Å². The number of anilines is 1. The van der Waals surface area contributed by atoms with Crippen molar-refractivity contribution in [3.8, 4) is 0 Å². The lowest BCUT2D eigenvalue weighted by Crippen LogP contribution is -2.23. The Labute approximate surface area is 196 Å². The maximum absolute atomic E-state index is 13.5. The Morgan fingerprint density at radius 2 is 1.50 bits per heavy atom. The van der Waals surface area contributed by atoms with E-state index in [-0.39, 0.29) is 27.6 Å². The average Bonchev–Trinajstić information content (AvgIpc) is 3.09. The second-order valence-electron chi connectivity index (χ2n) is 7.78. The van der Waals surface area contributed by atoms with E-state index in [2.05, 4.69) is 5.32 Å². The van der Waals surface area contributed by atoms with E-state index >= 15 is 0 Å². The standard InChI is InChI=1S/C25H24FN3O4S/c1-3-28-21-15-20(27-24(30)14-17-10-12-18(26)13-11-17)23(16-22(21)29(4-2)25(28)31)34(32,33)19-8-6-5-7-9-19/h5-13,15-16H,3-4,14H2,1-2H3,(H,27,30). The molecule has 1 aromatic heterocycles. The molecular weight excluding hydrogens is 457 g/mol. The van der Waals surface area contributed by atoms with Crippen molar-refractivity contribution < 1.29 is 17.6 Å². The molecule has 1 N–H and O–H groups in total. The van der Waals surface area contributed by atoms with Crippen LogP contribution in [0.5, 0.6) is 0 Å². The lowest BCUT2D eigenvalue weighted by atomic mass is 10.1. The second-order valence-corrected chi connectivity index (χ2v) is 9.69. The third kappa shape index (κ3) is 4.26. The van der Waals surface area contributed by atoms with Crippen LogP contribution >= 0.6 is 0 Å². The van der Waals surface area contributed by atoms with Crippen LogP contribution in [-0.4, -0.2) is 23.5 Å². The molecule has 0 aliphatic carbocycles. The van der Waals surface area contributed by atoms with Gasteiger partial charge in [0.05, 0.1) is 32.9 Å². The number of carbonyl (C=O) groups excluding carboxylic acids is 1. The molecule has 9 heteroatoms. The van der Waals surface area contributed by atoms with Crippen LogP contribution in [0.3, 0.4) is 0 Å². The number of benzene rings is 3. The van der Waals surface area contributed by atoms with E-state index in [4.69, 9.17) is 0 Å². The van der Waals surface area contributed by atoms with E-state index in [1.807, 2.05) is 13.8 Å². The van der Waals surface area contributed by atoms with Gasteiger partial charge >= 0.3 is 5.69 Å². The number of hydrogen-bond acceptors (Lipinski definition) is 4. The Kier molecular flexibility index (Phi) is 6.39. The van der Waals surface area contributed by atoms with Gasteiger partial charge in [0.15, 0.2) is 0 Å². The molecule has 0 atom stereocenters. The van der Waals surface area contributed by atoms with Crippen LogP contribution in [0.2, 0.25) is 0 Å². The number of sulfone groups is 1. The van der Waals surface area contributed by atoms with Gasteiger partial charge in [0, 0.05) is 13.1 Å². The predicted octanol–water partition coefficient (Wildman–Crippen LogP) is 4.00. The van der Waals surface area contributed by atoms with Gasteiger partial charge in [0.1, 0.15) is 5.82 Å². The number of carbonyl (C=O) groups is 1. The largest absolute Gasteiger partial charge is 0.329 e. The van der Waals surface area contributed by atoms with Crippen molar-refractivity contribution >= 4 is 32.5 Å². The van der Waals surface area contributed by atoms with Gasteiger partial charge in [-0.15, -0.1) is 0 Å². The molecule has 0 saturated heterocycles. The fourth-order valence-corrected chi connectivity index (χ4v) is 5.42. The molecule has 0 unspecified atom stereocenters. The molecule has 4 aromatic rings. The number of fused-ring (bicyclic) bond motifs is 1. The number of hydrogen-bond donors (Lipinski definition) is 1. The molecule has 0 aliphatic rings. The topological polar surface area (TPSA) is 90.2 Å². The Balaban J connectivity index is 1.87. The lowest BCUT2D eigenvalue weighted by Gasteiger charge is -2.14. The summed E-state index contributed by atoms with van der Waals surface area (Å²) >= 11 is 0. The summed E-state index contributed by atoms with van der Waals surface area (Å²) in [6.07, 6.45) is -0.0697. The highest BCUT2D eigenvalue weighted by molar-refractivity contribution is 7.91. The number of amides is 1. The fraction of sp³-hybridized carbons (Fsp3) is 0.200. The molecule has 3 aromatic carbocycles. The summed E-state index contributed by atoms with van der Waals surface area (Å²) in [5.74, 6) is -0.875. The summed E-state index contributed by atoms with van der Waals surface area (Å²) in [6, 6.07) is 16.4. The fourth-order valence-electron chi connectivity index (χ4n) is 3.98. The van der Waals surface area contributed by atoms with Crippen LogP contribution in [0.4, 0.5) is 10.1 Å². The van der Waals surface area contributed by atoms with E-state index < -0.39 is 21.6 Å². The van der Waals surface area contributed by atoms with Gasteiger partial charge < -0.3 is 5.32 Å². The SMILES string of the molecule is CCn1c(=O)n(CC)c2cc(S(=O)(=O)c3ccccc3)c(NC(=O)Cc3ccc(F)cc3)cc21. The highest BCUT2D eigenvalue weighted by atomic mass is 32.2. The molecule has 1 heterocycles. The molecule has 34 heavy (non-hydrogen) atoms. The molecular formula is C25H24FN3O4S. The molecule has 4 rings (SSSR count). The van der Waals surface area contributed by atoms with Crippen molar-refractivity contribution in [1.82, 2.24) is 9.13 Å². The summed E-state index contributed by atoms with van der Waals surface area (Å²) < 4.78 is 43.3. The summed E-state index contributed by atoms with van der Waals surface area (Å²) in [4.78, 5) is 25.6. The van der Waals surface area contributed by atoms with Crippen LogP contribution in [0.1, 0.15) is 19.4 Å². The first-order valence-corrected chi connectivity index (χ1v) is 12.4. The summed E-state index contributed by atoms with van der Waals surface area (Å²) in [6.45, 7) is 4.38. The maximum atomic E-state index is 13.5. The normalized spacial score (nSPS) is 11.6. The predicted molar refractivity (Wildman–Crippen MR) is 128 cm³/mol. The van der Waals surface area contributed by atoms with Crippen LogP contribution in [0, 0.1) is 5.82 Å². The first-order chi connectivity index (χ1) is 16.3. The van der Waals surface area contributed by atoms with E-state index in [0.29, 0.717) is 29.7 Å². The van der Waals surface area contributed by atoms with Gasteiger partial charge in [-0.05, 0) is 55.8 Å². The van der Waals surface area contributed by atoms with Crippen molar-refractivity contribution in [1.29, 1.82) is 0 Å². The van der Waals surface area contributed by atoms with Crippen LogP contribution in [0.25, 0.3) is 11.0 Å². The quantitative estimate of drug-likeness (QED) is 0.432. The molecule has 0 saturated carbocycles. The number of aromatic nitrogens is 2. The highest BCUT2D eigenvalue weighted by Gasteiger charge is 2.25. The van der Waals surface area contributed by atoms with Crippen LogP contribution < -0.4 is 11.0 Å². The van der Waals surface area contributed by atoms with Crippen molar-refractivity contribution in [2.75, 3.05) is 5.32 Å². The molecule has 0 radical (unpaired) electrons. The molecule has 0 aliphatic heterocycles. The third-order valence-electron chi connectivity index (χ3n) is 5.65. The Morgan fingerprint density at radius 3 is 2.09 bits per heavy atom. The van der Waals surface area contributed by atoms with Gasteiger partial charge in [-0.2, -0.15) is 0 Å². The number of nitrogens with one attached hydrogen (secondary N) is 1. The zero-order valence-electron chi connectivity index (χ0n) is 18.8. The Morgan fingerprint density at radius 1 is 0.912 bits per heavy atom. The average molecular weight is 482 g/mol. The minimum atomic E-state index is -4.01. The van der Waals surface area contributed by atoms with E-state index in [0.717, 1.165) is 0 Å². The van der Waals surface area contributed by atoms with E-state index in [1.54, 1.807) is 18.2 Å². The molecule has 7 nitrogen and oxygen atoms in total. The third-order valence-corrected chi connectivity index (χ3v) is 7.46. The van der Waals surface area contributed by atoms with Gasteiger partial charge in [0.25, 0.3) is 0 Å². The summed E-state index contributed by atoms with van der Waals surface area (Å²) in [5, 5.41) is 2.70. The minimum Gasteiger partial charge on any atom is -0.325 e. The first kappa shape index (κ1) is 23.4. The number of aryl methyl sites for hydroxylation is 2. The molecule has 1 amide bonds. The van der Waals surface area contributed by atoms with Crippen molar-refractivity contribution in [2.24, 2.45) is 0 Å². The van der Waals surface area contributed by atoms with Gasteiger partial charge in [0.2, 0.25) is 15.7 Å². The maximum Gasteiger partial charge on any atom is 0.329 e. The monoisotopic (exact) mass is 481 g/mol. The van der Waals surface area contributed by atoms with Crippen molar-refractivity contribution in [3.05, 3.63) is 88.6 Å². The number of nitrogens with zero attached hydrogens (tertiary/aromatic N) is 2. The first-order valence-electron chi connectivity index (χ1n) is 10.9. The molecule has 0 spiro atoms. The zero-order chi connectivity index (χ0) is 24.5. The smallest absolute Gasteiger partial charge is 0.325 e. The summed E-state index contributed by atoms with van der Waals surface area (Å²) in [7, 11) is -4.01. The van der Waals surface area contributed by atoms with E-state index in [9.17, 15) is 22.4 Å². The second kappa shape index (κ2) is 9.26. The van der Waals surface area contributed by atoms with Gasteiger partial charge in [-0.1, -0.05) is 30.3 Å². The van der Waals surface area contributed by atoms with Gasteiger partial charge in [-0.3, -0.25) is 13.9 Å². The number of halogens is 1. The van der Waals surface area contributed by atoms with E-state index in [1.165, 1.54) is 57.7 Å². The lowest BCUT2D eigenvalue weighted by molar-refractivity contribution is -0.115. The Hall–Kier alpha value is -3.72. The highest BCUT2D eigenvalue weighted by Crippen LogP contribution is 2.32. The number of imidazole rings is 1.